The molecule has 2 aromatic carbocycles. The van der Waals surface area contributed by atoms with Gasteiger partial charge in [-0.25, -0.2) is 8.78 Å². The summed E-state index contributed by atoms with van der Waals surface area (Å²) in [5, 5.41) is 13.4. The van der Waals surface area contributed by atoms with Crippen LogP contribution in [0.2, 0.25) is 0 Å². The third-order valence-corrected chi connectivity index (χ3v) is 5.82. The van der Waals surface area contributed by atoms with Crippen LogP contribution in [-0.4, -0.2) is 60.5 Å². The first-order valence-corrected chi connectivity index (χ1v) is 12.6. The zero-order chi connectivity index (χ0) is 29.7. The SMILES string of the molecule is CNCCOc1cc2nccc(Oc3c(F)cc(-c4nccc(OCC(C)(C)O)c4C(N)=O)cc3F)c2cc1OC. The lowest BCUT2D eigenvalue weighted by atomic mass is 10.0. The van der Waals surface area contributed by atoms with Gasteiger partial charge in [-0.05, 0) is 51.2 Å². The van der Waals surface area contributed by atoms with Gasteiger partial charge in [-0.1, -0.05) is 0 Å². The van der Waals surface area contributed by atoms with Crippen LogP contribution in [-0.2, 0) is 0 Å². The van der Waals surface area contributed by atoms with Crippen LogP contribution in [0, 0.1) is 11.6 Å². The van der Waals surface area contributed by atoms with Gasteiger partial charge in [0, 0.05) is 36.0 Å². The molecule has 2 aromatic heterocycles. The molecule has 4 rings (SSSR count). The standard InChI is InChI=1S/C29H30F2N4O6/c1-29(2,37)15-40-22-6-8-35-26(25(22)28(32)36)16-11-18(30)27(19(31)12-16)41-21-5-7-34-20-14-24(39-10-9-33-3)23(38-4)13-17(20)21/h5-8,11-14,33,37H,9-10,15H2,1-4H3,(H2,32,36). The van der Waals surface area contributed by atoms with Crippen LogP contribution in [0.1, 0.15) is 24.2 Å². The lowest BCUT2D eigenvalue weighted by molar-refractivity contribution is 0.0280. The monoisotopic (exact) mass is 568 g/mol. The minimum Gasteiger partial charge on any atom is -0.493 e. The molecule has 2 heterocycles. The normalized spacial score (nSPS) is 11.4. The number of pyridine rings is 2. The second kappa shape index (κ2) is 12.3. The molecule has 0 aliphatic rings. The Kier molecular flexibility index (Phi) is 8.84. The summed E-state index contributed by atoms with van der Waals surface area (Å²) in [7, 11) is 3.27. The maximum atomic E-state index is 15.4. The number of halogens is 2. The Balaban J connectivity index is 1.71. The van der Waals surface area contributed by atoms with Crippen LogP contribution in [0.25, 0.3) is 22.2 Å². The van der Waals surface area contributed by atoms with E-state index >= 15 is 8.78 Å². The molecule has 0 aliphatic heterocycles. The summed E-state index contributed by atoms with van der Waals surface area (Å²) >= 11 is 0. The fourth-order valence-electron chi connectivity index (χ4n) is 3.93. The van der Waals surface area contributed by atoms with Crippen molar-refractivity contribution in [2.24, 2.45) is 5.73 Å². The number of fused-ring (bicyclic) bond motifs is 1. The van der Waals surface area contributed by atoms with E-state index in [-0.39, 0.29) is 34.9 Å². The van der Waals surface area contributed by atoms with Crippen LogP contribution in [0.3, 0.4) is 0 Å². The van der Waals surface area contributed by atoms with Crippen molar-refractivity contribution in [1.29, 1.82) is 0 Å². The first-order valence-electron chi connectivity index (χ1n) is 12.6. The van der Waals surface area contributed by atoms with Crippen molar-refractivity contribution in [1.82, 2.24) is 15.3 Å². The highest BCUT2D eigenvalue weighted by Crippen LogP contribution is 2.39. The van der Waals surface area contributed by atoms with E-state index in [1.54, 1.807) is 19.2 Å². The number of hydrogen-bond donors (Lipinski definition) is 3. The number of nitrogens with zero attached hydrogens (tertiary/aromatic N) is 2. The van der Waals surface area contributed by atoms with Gasteiger partial charge in [0.1, 0.15) is 30.3 Å². The Morgan fingerprint density at radius 1 is 1.00 bits per heavy atom. The fourth-order valence-corrected chi connectivity index (χ4v) is 3.93. The second-order valence-electron chi connectivity index (χ2n) is 9.65. The Morgan fingerprint density at radius 2 is 1.68 bits per heavy atom. The molecule has 1 amide bonds. The number of nitrogens with one attached hydrogen (secondary N) is 1. The first-order chi connectivity index (χ1) is 19.5. The number of methoxy groups -OCH3 is 1. The molecule has 0 saturated carbocycles. The molecule has 0 aliphatic carbocycles. The lowest BCUT2D eigenvalue weighted by Gasteiger charge is -2.20. The van der Waals surface area contributed by atoms with Gasteiger partial charge in [0.05, 0.1) is 23.9 Å². The van der Waals surface area contributed by atoms with Crippen molar-refractivity contribution in [2.45, 2.75) is 19.4 Å². The van der Waals surface area contributed by atoms with E-state index in [9.17, 15) is 9.90 Å². The molecule has 0 radical (unpaired) electrons. The number of likely N-dealkylation sites (N-methyl/N-ethyl adjacent to an activating group) is 1. The average Bonchev–Trinajstić information content (AvgIpc) is 2.92. The summed E-state index contributed by atoms with van der Waals surface area (Å²) in [6.45, 7) is 3.87. The highest BCUT2D eigenvalue weighted by Gasteiger charge is 2.24. The van der Waals surface area contributed by atoms with Gasteiger partial charge in [-0.3, -0.25) is 14.8 Å². The molecule has 0 spiro atoms. The van der Waals surface area contributed by atoms with Gasteiger partial charge >= 0.3 is 0 Å². The molecule has 0 bridgehead atoms. The molecule has 10 nitrogen and oxygen atoms in total. The predicted molar refractivity (Wildman–Crippen MR) is 148 cm³/mol. The van der Waals surface area contributed by atoms with Crippen molar-refractivity contribution in [3.8, 4) is 40.0 Å². The highest BCUT2D eigenvalue weighted by molar-refractivity contribution is 6.01. The topological polar surface area (TPSA) is 138 Å². The fraction of sp³-hybridized carbons (Fsp3) is 0.276. The molecule has 4 aromatic rings. The zero-order valence-corrected chi connectivity index (χ0v) is 23.0. The maximum absolute atomic E-state index is 15.4. The van der Waals surface area contributed by atoms with Gasteiger partial charge < -0.3 is 35.1 Å². The molecule has 4 N–H and O–H groups in total. The molecule has 0 fully saturated rings. The molecule has 41 heavy (non-hydrogen) atoms. The zero-order valence-electron chi connectivity index (χ0n) is 23.0. The number of aliphatic hydroxyl groups is 1. The Bertz CT molecular complexity index is 1550. The number of carbonyl (C=O) groups excluding carboxylic acids is 1. The minimum absolute atomic E-state index is 0.0114. The number of benzene rings is 2. The Labute approximate surface area is 235 Å². The number of amides is 1. The summed E-state index contributed by atoms with van der Waals surface area (Å²) in [6, 6.07) is 8.05. The number of hydrogen-bond acceptors (Lipinski definition) is 9. The van der Waals surface area contributed by atoms with E-state index < -0.39 is 28.9 Å². The van der Waals surface area contributed by atoms with Crippen molar-refractivity contribution in [3.63, 3.8) is 0 Å². The quantitative estimate of drug-likeness (QED) is 0.214. The van der Waals surface area contributed by atoms with Gasteiger partial charge in [-0.15, -0.1) is 0 Å². The molecular formula is C29H30F2N4O6. The van der Waals surface area contributed by atoms with E-state index in [4.69, 9.17) is 24.7 Å². The number of ether oxygens (including phenoxy) is 4. The van der Waals surface area contributed by atoms with E-state index in [1.807, 2.05) is 0 Å². The third kappa shape index (κ3) is 6.79. The number of carbonyl (C=O) groups is 1. The number of nitrogens with two attached hydrogens (primary N) is 1. The van der Waals surface area contributed by atoms with Gasteiger partial charge in [0.25, 0.3) is 5.91 Å². The lowest BCUT2D eigenvalue weighted by Crippen LogP contribution is -2.28. The largest absolute Gasteiger partial charge is 0.493 e. The Hall–Kier alpha value is -4.55. The average molecular weight is 569 g/mol. The van der Waals surface area contributed by atoms with E-state index in [1.165, 1.54) is 45.5 Å². The summed E-state index contributed by atoms with van der Waals surface area (Å²) < 4.78 is 53.2. The highest BCUT2D eigenvalue weighted by atomic mass is 19.1. The van der Waals surface area contributed by atoms with Crippen LogP contribution >= 0.6 is 0 Å². The molecule has 0 unspecified atom stereocenters. The third-order valence-electron chi connectivity index (χ3n) is 5.82. The molecule has 216 valence electrons. The molecule has 0 atom stereocenters. The molecular weight excluding hydrogens is 538 g/mol. The summed E-state index contributed by atoms with van der Waals surface area (Å²) in [5.74, 6) is -2.73. The van der Waals surface area contributed by atoms with Crippen LogP contribution < -0.4 is 30.0 Å². The van der Waals surface area contributed by atoms with Gasteiger partial charge in [0.15, 0.2) is 28.9 Å². The summed E-state index contributed by atoms with van der Waals surface area (Å²) in [4.78, 5) is 20.7. The Morgan fingerprint density at radius 3 is 2.32 bits per heavy atom. The number of rotatable bonds is 12. The van der Waals surface area contributed by atoms with Crippen molar-refractivity contribution in [2.75, 3.05) is 33.9 Å². The number of aromatic nitrogens is 2. The van der Waals surface area contributed by atoms with E-state index in [0.29, 0.717) is 35.6 Å². The summed E-state index contributed by atoms with van der Waals surface area (Å²) in [5.41, 5.74) is 4.45. The van der Waals surface area contributed by atoms with Gasteiger partial charge in [0.2, 0.25) is 0 Å². The van der Waals surface area contributed by atoms with Crippen LogP contribution in [0.15, 0.2) is 48.8 Å². The van der Waals surface area contributed by atoms with E-state index in [2.05, 4.69) is 15.3 Å². The van der Waals surface area contributed by atoms with Crippen molar-refractivity contribution in [3.05, 3.63) is 66.0 Å². The smallest absolute Gasteiger partial charge is 0.254 e. The second-order valence-corrected chi connectivity index (χ2v) is 9.65. The van der Waals surface area contributed by atoms with Gasteiger partial charge in [-0.2, -0.15) is 0 Å². The number of primary amides is 1. The van der Waals surface area contributed by atoms with E-state index in [0.717, 1.165) is 12.1 Å². The van der Waals surface area contributed by atoms with Crippen molar-refractivity contribution >= 4 is 16.8 Å². The minimum atomic E-state index is -1.21. The van der Waals surface area contributed by atoms with Crippen molar-refractivity contribution < 1.29 is 37.6 Å². The predicted octanol–water partition coefficient (Wildman–Crippen LogP) is 4.22. The molecule has 0 saturated heterocycles. The first kappa shape index (κ1) is 29.4. The van der Waals surface area contributed by atoms with Crippen LogP contribution in [0.4, 0.5) is 8.78 Å². The molecule has 12 heteroatoms. The summed E-state index contributed by atoms with van der Waals surface area (Å²) in [6.07, 6.45) is 2.74. The maximum Gasteiger partial charge on any atom is 0.254 e. The van der Waals surface area contributed by atoms with Crippen LogP contribution in [0.5, 0.6) is 28.7 Å².